The molecule has 1 heterocycles. The van der Waals surface area contributed by atoms with Gasteiger partial charge in [0.2, 0.25) is 11.6 Å². The van der Waals surface area contributed by atoms with E-state index in [-0.39, 0.29) is 0 Å². The standard InChI is InChI=1S/C19H18N4OS/c1-4-13-14(11-20)19(23-15(5-2)16(13)22-3)25-17(18(21)24)12-9-7-6-8-10-12/h6-10,17H,4-5H2,1-2H3,(H2,21,24). The van der Waals surface area contributed by atoms with Crippen LogP contribution in [-0.2, 0) is 17.6 Å². The Bertz CT molecular complexity index is 866. The fourth-order valence-electron chi connectivity index (χ4n) is 2.61. The monoisotopic (exact) mass is 350 g/mol. The summed E-state index contributed by atoms with van der Waals surface area (Å²) in [4.78, 5) is 20.1. The van der Waals surface area contributed by atoms with Gasteiger partial charge in [0.15, 0.2) is 0 Å². The lowest BCUT2D eigenvalue weighted by Gasteiger charge is -2.17. The smallest absolute Gasteiger partial charge is 0.235 e. The van der Waals surface area contributed by atoms with Gasteiger partial charge >= 0.3 is 0 Å². The molecule has 2 aromatic rings. The molecule has 25 heavy (non-hydrogen) atoms. The predicted molar refractivity (Wildman–Crippen MR) is 98.2 cm³/mol. The van der Waals surface area contributed by atoms with Gasteiger partial charge in [0.05, 0.1) is 12.1 Å². The number of nitrogens with two attached hydrogens (primary N) is 1. The molecule has 0 bridgehead atoms. The van der Waals surface area contributed by atoms with Crippen LogP contribution >= 0.6 is 11.8 Å². The molecule has 1 atom stereocenters. The Hall–Kier alpha value is -2.83. The van der Waals surface area contributed by atoms with Crippen molar-refractivity contribution in [3.8, 4) is 6.07 Å². The van der Waals surface area contributed by atoms with Gasteiger partial charge in [-0.3, -0.25) is 9.78 Å². The molecule has 1 unspecified atom stereocenters. The fourth-order valence-corrected chi connectivity index (χ4v) is 3.69. The van der Waals surface area contributed by atoms with Gasteiger partial charge in [-0.15, -0.1) is 0 Å². The Balaban J connectivity index is 2.60. The Morgan fingerprint density at radius 1 is 1.36 bits per heavy atom. The predicted octanol–water partition coefficient (Wildman–Crippen LogP) is 3.95. The summed E-state index contributed by atoms with van der Waals surface area (Å²) in [5, 5.41) is 9.42. The summed E-state index contributed by atoms with van der Waals surface area (Å²) >= 11 is 1.17. The number of nitriles is 1. The van der Waals surface area contributed by atoms with E-state index in [4.69, 9.17) is 12.3 Å². The first-order valence-electron chi connectivity index (χ1n) is 7.91. The number of aryl methyl sites for hydroxylation is 1. The van der Waals surface area contributed by atoms with Crippen LogP contribution in [0.1, 0.15) is 41.5 Å². The van der Waals surface area contributed by atoms with Crippen LogP contribution in [-0.4, -0.2) is 10.9 Å². The van der Waals surface area contributed by atoms with Crippen LogP contribution < -0.4 is 5.73 Å². The van der Waals surface area contributed by atoms with Crippen LogP contribution in [0.15, 0.2) is 35.4 Å². The molecule has 1 amide bonds. The third-order valence-electron chi connectivity index (χ3n) is 3.81. The van der Waals surface area contributed by atoms with Crippen LogP contribution in [0.3, 0.4) is 0 Å². The Morgan fingerprint density at radius 3 is 2.52 bits per heavy atom. The normalized spacial score (nSPS) is 11.4. The lowest BCUT2D eigenvalue weighted by molar-refractivity contribution is -0.117. The summed E-state index contributed by atoms with van der Waals surface area (Å²) in [6.07, 6.45) is 1.13. The minimum absolute atomic E-state index is 0.359. The lowest BCUT2D eigenvalue weighted by atomic mass is 10.0. The fraction of sp³-hybridized carbons (Fsp3) is 0.263. The van der Waals surface area contributed by atoms with Crippen molar-refractivity contribution in [3.05, 3.63) is 64.1 Å². The van der Waals surface area contributed by atoms with Gasteiger partial charge in [-0.05, 0) is 24.0 Å². The maximum absolute atomic E-state index is 12.0. The topological polar surface area (TPSA) is 84.1 Å². The first-order chi connectivity index (χ1) is 12.1. The molecular weight excluding hydrogens is 332 g/mol. The molecule has 1 aromatic carbocycles. The number of rotatable bonds is 6. The summed E-state index contributed by atoms with van der Waals surface area (Å²) in [5.74, 6) is -0.493. The number of aromatic nitrogens is 1. The Morgan fingerprint density at radius 2 is 2.04 bits per heavy atom. The van der Waals surface area contributed by atoms with E-state index in [9.17, 15) is 10.1 Å². The van der Waals surface area contributed by atoms with Crippen LogP contribution in [0.4, 0.5) is 5.69 Å². The summed E-state index contributed by atoms with van der Waals surface area (Å²) in [7, 11) is 0. The second-order valence-corrected chi connectivity index (χ2v) is 6.40. The summed E-state index contributed by atoms with van der Waals surface area (Å²) in [5.41, 5.74) is 8.48. The van der Waals surface area contributed by atoms with Gasteiger partial charge in [-0.2, -0.15) is 5.26 Å². The van der Waals surface area contributed by atoms with Crippen molar-refractivity contribution in [2.75, 3.05) is 0 Å². The van der Waals surface area contributed by atoms with Crippen LogP contribution in [0.2, 0.25) is 0 Å². The molecule has 0 saturated heterocycles. The maximum atomic E-state index is 12.0. The van der Waals surface area contributed by atoms with Crippen LogP contribution in [0.25, 0.3) is 4.85 Å². The van der Waals surface area contributed by atoms with Crippen molar-refractivity contribution >= 4 is 23.4 Å². The minimum atomic E-state index is -0.644. The number of pyridine rings is 1. The first-order valence-corrected chi connectivity index (χ1v) is 8.79. The maximum Gasteiger partial charge on any atom is 0.235 e. The molecule has 0 saturated carbocycles. The van der Waals surface area contributed by atoms with Crippen molar-refractivity contribution in [2.45, 2.75) is 37.0 Å². The highest BCUT2D eigenvalue weighted by Crippen LogP contribution is 2.39. The van der Waals surface area contributed by atoms with Gasteiger partial charge in [-0.25, -0.2) is 4.85 Å². The van der Waals surface area contributed by atoms with Crippen LogP contribution in [0, 0.1) is 17.9 Å². The molecule has 2 rings (SSSR count). The molecule has 0 fully saturated rings. The summed E-state index contributed by atoms with van der Waals surface area (Å²) in [6, 6.07) is 11.3. The van der Waals surface area contributed by atoms with E-state index < -0.39 is 11.2 Å². The third kappa shape index (κ3) is 3.81. The highest BCUT2D eigenvalue weighted by atomic mass is 32.2. The summed E-state index contributed by atoms with van der Waals surface area (Å²) in [6.45, 7) is 11.2. The number of benzene rings is 1. The average molecular weight is 350 g/mol. The van der Waals surface area contributed by atoms with E-state index in [2.05, 4.69) is 15.9 Å². The van der Waals surface area contributed by atoms with Crippen LogP contribution in [0.5, 0.6) is 0 Å². The highest BCUT2D eigenvalue weighted by Gasteiger charge is 2.25. The number of amides is 1. The second-order valence-electron chi connectivity index (χ2n) is 5.31. The number of primary amides is 1. The summed E-state index contributed by atoms with van der Waals surface area (Å²) < 4.78 is 0. The molecule has 2 N–H and O–H groups in total. The largest absolute Gasteiger partial charge is 0.368 e. The van der Waals surface area contributed by atoms with Gasteiger partial charge in [0.25, 0.3) is 0 Å². The Labute approximate surface area is 151 Å². The molecule has 5 nitrogen and oxygen atoms in total. The SMILES string of the molecule is [C-]#[N+]c1c(CC)nc(SC(C(N)=O)c2ccccc2)c(C#N)c1CC. The van der Waals surface area contributed by atoms with Crippen molar-refractivity contribution in [3.63, 3.8) is 0 Å². The van der Waals surface area contributed by atoms with E-state index in [1.165, 1.54) is 11.8 Å². The van der Waals surface area contributed by atoms with Crippen molar-refractivity contribution < 1.29 is 4.79 Å². The van der Waals surface area contributed by atoms with E-state index in [1.807, 2.05) is 44.2 Å². The number of carbonyl (C=O) groups excluding carboxylic acids is 1. The van der Waals surface area contributed by atoms with Crippen molar-refractivity contribution in [1.29, 1.82) is 5.26 Å². The highest BCUT2D eigenvalue weighted by molar-refractivity contribution is 8.00. The van der Waals surface area contributed by atoms with Crippen molar-refractivity contribution in [2.24, 2.45) is 5.73 Å². The lowest BCUT2D eigenvalue weighted by Crippen LogP contribution is -2.19. The van der Waals surface area contributed by atoms with Crippen molar-refractivity contribution in [1.82, 2.24) is 4.98 Å². The molecular formula is C19H18N4OS. The first kappa shape index (κ1) is 18.5. The van der Waals surface area contributed by atoms with Gasteiger partial charge < -0.3 is 5.73 Å². The zero-order chi connectivity index (χ0) is 18.4. The van der Waals surface area contributed by atoms with E-state index in [0.717, 1.165) is 5.56 Å². The average Bonchev–Trinajstić information content (AvgIpc) is 2.64. The molecule has 0 spiro atoms. The Kier molecular flexibility index (Phi) is 6.16. The third-order valence-corrected chi connectivity index (χ3v) is 5.07. The van der Waals surface area contributed by atoms with E-state index >= 15 is 0 Å². The van der Waals surface area contributed by atoms with E-state index in [1.54, 1.807) is 0 Å². The van der Waals surface area contributed by atoms with Gasteiger partial charge in [0.1, 0.15) is 16.3 Å². The molecule has 1 aromatic heterocycles. The quantitative estimate of drug-likeness (QED) is 0.631. The van der Waals surface area contributed by atoms with E-state index in [0.29, 0.717) is 40.4 Å². The molecule has 0 radical (unpaired) electrons. The number of hydrogen-bond acceptors (Lipinski definition) is 4. The second kappa shape index (κ2) is 8.32. The molecule has 0 aliphatic carbocycles. The van der Waals surface area contributed by atoms with Gasteiger partial charge in [0, 0.05) is 5.69 Å². The zero-order valence-electron chi connectivity index (χ0n) is 14.1. The number of thioether (sulfide) groups is 1. The molecule has 6 heteroatoms. The molecule has 126 valence electrons. The number of carbonyl (C=O) groups is 1. The zero-order valence-corrected chi connectivity index (χ0v) is 14.9. The number of hydrogen-bond donors (Lipinski definition) is 1. The minimum Gasteiger partial charge on any atom is -0.368 e. The number of nitrogens with zero attached hydrogens (tertiary/aromatic N) is 3. The molecule has 0 aliphatic heterocycles. The van der Waals surface area contributed by atoms with Gasteiger partial charge in [-0.1, -0.05) is 55.9 Å². The molecule has 0 aliphatic rings.